The highest BCUT2D eigenvalue weighted by Gasteiger charge is 2.25. The van der Waals surface area contributed by atoms with Crippen molar-refractivity contribution in [1.82, 2.24) is 0 Å². The number of rotatable bonds is 33. The fourth-order valence-electron chi connectivity index (χ4n) is 6.46. The largest absolute Gasteiger partial charge is 1.00 e. The van der Waals surface area contributed by atoms with Crippen molar-refractivity contribution in [1.29, 1.82) is 0 Å². The van der Waals surface area contributed by atoms with Gasteiger partial charge in [-0.3, -0.25) is 0 Å². The molecule has 2 heteroatoms. The number of quaternary nitrogens is 1. The van der Waals surface area contributed by atoms with Crippen molar-refractivity contribution >= 4 is 0 Å². The van der Waals surface area contributed by atoms with Gasteiger partial charge >= 0.3 is 0 Å². The summed E-state index contributed by atoms with van der Waals surface area (Å²) in [5.41, 5.74) is 0. The van der Waals surface area contributed by atoms with Crippen LogP contribution in [0.2, 0.25) is 0 Å². The summed E-state index contributed by atoms with van der Waals surface area (Å²) in [7, 11) is 0. The lowest BCUT2D eigenvalue weighted by molar-refractivity contribution is -0.929. The molecule has 0 aromatic heterocycles. The molecule has 1 nitrogen and oxygen atoms in total. The van der Waals surface area contributed by atoms with E-state index in [4.69, 9.17) is 0 Å². The summed E-state index contributed by atoms with van der Waals surface area (Å²) in [6.45, 7) is 15.3. The quantitative estimate of drug-likeness (QED) is 0.0373. The predicted molar refractivity (Wildman–Crippen MR) is 176 cm³/mol. The van der Waals surface area contributed by atoms with E-state index in [-0.39, 0.29) is 24.0 Å². The number of nitrogens with zero attached hydrogens (tertiary/aromatic N) is 1. The number of unbranched alkanes of at least 4 members (excludes halogenated alkanes) is 25. The summed E-state index contributed by atoms with van der Waals surface area (Å²) in [6, 6.07) is 0. The molecule has 0 spiro atoms. The second-order valence-electron chi connectivity index (χ2n) is 13.1. The molecule has 0 aromatic rings. The summed E-state index contributed by atoms with van der Waals surface area (Å²) in [6.07, 6.45) is 42.3. The van der Waals surface area contributed by atoms with Gasteiger partial charge in [-0.1, -0.05) is 163 Å². The zero-order chi connectivity index (χ0) is 27.8. The van der Waals surface area contributed by atoms with Gasteiger partial charge in [0.2, 0.25) is 0 Å². The monoisotopic (exact) mass is 664 g/mol. The minimum absolute atomic E-state index is 0. The normalized spacial score (nSPS) is 11.7. The summed E-state index contributed by atoms with van der Waals surface area (Å²) < 4.78 is 1.47. The average molecular weight is 664 g/mol. The van der Waals surface area contributed by atoms with Crippen molar-refractivity contribution in [3.8, 4) is 0 Å². The maximum absolute atomic E-state index is 2.35. The summed E-state index contributed by atoms with van der Waals surface area (Å²) in [4.78, 5) is 0. The van der Waals surface area contributed by atoms with Gasteiger partial charge < -0.3 is 28.5 Å². The molecule has 0 amide bonds. The Labute approximate surface area is 267 Å². The highest BCUT2D eigenvalue weighted by molar-refractivity contribution is 4.55. The molecule has 238 valence electrons. The Hall–Kier alpha value is 0.690. The molecule has 0 fully saturated rings. The molecule has 0 rings (SSSR count). The van der Waals surface area contributed by atoms with E-state index < -0.39 is 0 Å². The van der Waals surface area contributed by atoms with Crippen LogP contribution in [0.3, 0.4) is 0 Å². The van der Waals surface area contributed by atoms with Crippen molar-refractivity contribution in [2.45, 2.75) is 214 Å². The first kappa shape index (κ1) is 41.8. The van der Waals surface area contributed by atoms with Gasteiger partial charge in [-0.25, -0.2) is 0 Å². The van der Waals surface area contributed by atoms with E-state index in [1.54, 1.807) is 0 Å². The molecule has 39 heavy (non-hydrogen) atoms. The van der Waals surface area contributed by atoms with Gasteiger partial charge in [0.05, 0.1) is 26.2 Å². The summed E-state index contributed by atoms with van der Waals surface area (Å²) in [5.74, 6) is 0. The van der Waals surface area contributed by atoms with Crippen LogP contribution < -0.4 is 24.0 Å². The van der Waals surface area contributed by atoms with Gasteiger partial charge in [0.1, 0.15) is 0 Å². The molecular weight excluding hydrogens is 585 g/mol. The zero-order valence-corrected chi connectivity index (χ0v) is 30.3. The molecule has 0 radical (unpaired) electrons. The zero-order valence-electron chi connectivity index (χ0n) is 28.2. The van der Waals surface area contributed by atoms with E-state index in [2.05, 4.69) is 27.7 Å². The lowest BCUT2D eigenvalue weighted by Gasteiger charge is -2.40. The molecule has 0 aliphatic heterocycles. The van der Waals surface area contributed by atoms with Crippen molar-refractivity contribution in [3.63, 3.8) is 0 Å². The van der Waals surface area contributed by atoms with Gasteiger partial charge in [0.25, 0.3) is 0 Å². The lowest BCUT2D eigenvalue weighted by Crippen LogP contribution is -3.00. The van der Waals surface area contributed by atoms with E-state index in [9.17, 15) is 0 Å². The first-order valence-corrected chi connectivity index (χ1v) is 18.6. The molecule has 0 atom stereocenters. The third-order valence-corrected chi connectivity index (χ3v) is 9.19. The van der Waals surface area contributed by atoms with E-state index in [0.717, 1.165) is 0 Å². The minimum Gasteiger partial charge on any atom is -1.00 e. The van der Waals surface area contributed by atoms with Gasteiger partial charge in [0.15, 0.2) is 0 Å². The van der Waals surface area contributed by atoms with E-state index in [0.29, 0.717) is 0 Å². The average Bonchev–Trinajstić information content (AvgIpc) is 2.93. The Morgan fingerprint density at radius 1 is 0.231 bits per heavy atom. The Morgan fingerprint density at radius 3 is 0.564 bits per heavy atom. The topological polar surface area (TPSA) is 0 Å². The van der Waals surface area contributed by atoms with Crippen molar-refractivity contribution in [2.24, 2.45) is 0 Å². The Kier molecular flexibility index (Phi) is 37.4. The van der Waals surface area contributed by atoms with Crippen LogP contribution in [-0.2, 0) is 0 Å². The van der Waals surface area contributed by atoms with E-state index in [1.807, 2.05) is 0 Å². The van der Waals surface area contributed by atoms with Crippen molar-refractivity contribution in [3.05, 3.63) is 0 Å². The van der Waals surface area contributed by atoms with Crippen LogP contribution in [0, 0.1) is 0 Å². The van der Waals surface area contributed by atoms with Crippen LogP contribution in [0.5, 0.6) is 0 Å². The van der Waals surface area contributed by atoms with Crippen LogP contribution in [-0.4, -0.2) is 30.7 Å². The molecule has 0 unspecified atom stereocenters. The van der Waals surface area contributed by atoms with Crippen LogP contribution in [0.25, 0.3) is 0 Å². The Bertz CT molecular complexity index is 388. The summed E-state index contributed by atoms with van der Waals surface area (Å²) in [5, 5.41) is 0. The maximum atomic E-state index is 2.35. The van der Waals surface area contributed by atoms with Crippen LogP contribution >= 0.6 is 0 Å². The molecule has 0 saturated heterocycles. The standard InChI is InChI=1S/C37H78N.HI/c1-5-9-13-17-18-19-20-21-22-23-24-25-29-33-37-38(34-30-26-14-10-6-2,35-31-27-15-11-7-3)36-32-28-16-12-8-4;/h5-37H2,1-4H3;1H/q+1;/p-1. The number of hydrogen-bond donors (Lipinski definition) is 0. The van der Waals surface area contributed by atoms with E-state index >= 15 is 0 Å². The Balaban J connectivity index is 0. The second-order valence-corrected chi connectivity index (χ2v) is 13.1. The second kappa shape index (κ2) is 34.9. The molecule has 0 heterocycles. The number of halogens is 1. The molecule has 0 bridgehead atoms. The van der Waals surface area contributed by atoms with Gasteiger partial charge in [-0.15, -0.1) is 0 Å². The van der Waals surface area contributed by atoms with Crippen LogP contribution in [0.1, 0.15) is 214 Å². The molecule has 0 aliphatic carbocycles. The van der Waals surface area contributed by atoms with Gasteiger partial charge in [-0.2, -0.15) is 0 Å². The highest BCUT2D eigenvalue weighted by atomic mass is 127. The third kappa shape index (κ3) is 30.0. The Morgan fingerprint density at radius 2 is 0.385 bits per heavy atom. The van der Waals surface area contributed by atoms with Crippen molar-refractivity contribution < 1.29 is 28.5 Å². The predicted octanol–water partition coefficient (Wildman–Crippen LogP) is 10.2. The summed E-state index contributed by atoms with van der Waals surface area (Å²) >= 11 is 0. The number of hydrogen-bond acceptors (Lipinski definition) is 0. The molecule has 0 saturated carbocycles. The van der Waals surface area contributed by atoms with Gasteiger partial charge in [0, 0.05) is 0 Å². The molecule has 0 aliphatic rings. The maximum Gasteiger partial charge on any atom is 0.0786 e. The third-order valence-electron chi connectivity index (χ3n) is 9.19. The van der Waals surface area contributed by atoms with Crippen molar-refractivity contribution in [2.75, 3.05) is 26.2 Å². The van der Waals surface area contributed by atoms with Crippen LogP contribution in [0.4, 0.5) is 0 Å². The van der Waals surface area contributed by atoms with Gasteiger partial charge in [-0.05, 0) is 51.4 Å². The first-order valence-electron chi connectivity index (χ1n) is 18.6. The first-order chi connectivity index (χ1) is 18.7. The molecule has 0 aromatic carbocycles. The van der Waals surface area contributed by atoms with E-state index in [1.165, 1.54) is 217 Å². The fourth-order valence-corrected chi connectivity index (χ4v) is 6.46. The van der Waals surface area contributed by atoms with Crippen LogP contribution in [0.15, 0.2) is 0 Å². The molecular formula is C37H78IN. The SMILES string of the molecule is CCCCCCCCCCCCCCCC[N+](CCCCCCC)(CCCCCCC)CCCCCCC.[I-]. The fraction of sp³-hybridized carbons (Fsp3) is 1.00. The smallest absolute Gasteiger partial charge is 0.0786 e. The lowest BCUT2D eigenvalue weighted by atomic mass is 10.0. The highest BCUT2D eigenvalue weighted by Crippen LogP contribution is 2.21. The molecule has 0 N–H and O–H groups in total. The minimum atomic E-state index is 0.